The van der Waals surface area contributed by atoms with Crippen LogP contribution in [-0.4, -0.2) is 23.6 Å². The first-order chi connectivity index (χ1) is 12.0. The van der Waals surface area contributed by atoms with E-state index in [1.54, 1.807) is 18.2 Å². The van der Waals surface area contributed by atoms with E-state index >= 15 is 0 Å². The van der Waals surface area contributed by atoms with E-state index in [2.05, 4.69) is 11.4 Å². The molecule has 0 radical (unpaired) electrons. The Bertz CT molecular complexity index is 742. The van der Waals surface area contributed by atoms with Crippen molar-refractivity contribution in [3.05, 3.63) is 65.2 Å². The topological polar surface area (TPSA) is 75.6 Å². The molecule has 0 aliphatic rings. The minimum Gasteiger partial charge on any atom is -0.482 e. The smallest absolute Gasteiger partial charge is 0.341 e. The fraction of sp³-hybridized carbons (Fsp3) is 0.300. The third-order valence-corrected chi connectivity index (χ3v) is 3.96. The lowest BCUT2D eigenvalue weighted by Crippen LogP contribution is -2.24. The van der Waals surface area contributed by atoms with Gasteiger partial charge in [0.1, 0.15) is 5.75 Å². The molecule has 0 fully saturated rings. The summed E-state index contributed by atoms with van der Waals surface area (Å²) in [6, 6.07) is 15.1. The fourth-order valence-corrected chi connectivity index (χ4v) is 2.69. The number of hydrogen-bond donors (Lipinski definition) is 2. The number of benzene rings is 2. The molecule has 0 aliphatic heterocycles. The highest BCUT2D eigenvalue weighted by Gasteiger charge is 2.12. The largest absolute Gasteiger partial charge is 0.482 e. The summed E-state index contributed by atoms with van der Waals surface area (Å²) in [5.41, 5.74) is 3.23. The van der Waals surface area contributed by atoms with Crippen LogP contribution in [0.3, 0.4) is 0 Å². The molecule has 132 valence electrons. The Balaban J connectivity index is 1.86. The van der Waals surface area contributed by atoms with Gasteiger partial charge in [0.15, 0.2) is 6.61 Å². The summed E-state index contributed by atoms with van der Waals surface area (Å²) in [5.74, 6) is -0.426. The lowest BCUT2D eigenvalue weighted by Gasteiger charge is -2.14. The summed E-state index contributed by atoms with van der Waals surface area (Å²) >= 11 is 0. The highest BCUT2D eigenvalue weighted by molar-refractivity contribution is 5.76. The van der Waals surface area contributed by atoms with Crippen LogP contribution in [0.25, 0.3) is 0 Å². The average molecular weight is 341 g/mol. The number of carbonyl (C=O) groups is 2. The van der Waals surface area contributed by atoms with Crippen molar-refractivity contribution in [1.29, 1.82) is 0 Å². The first-order valence-corrected chi connectivity index (χ1v) is 8.21. The van der Waals surface area contributed by atoms with Crippen molar-refractivity contribution in [1.82, 2.24) is 5.32 Å². The molecule has 2 aromatic rings. The average Bonchev–Trinajstić information content (AvgIpc) is 2.59. The number of aryl methyl sites for hydroxylation is 1. The number of carboxylic acids is 1. The van der Waals surface area contributed by atoms with E-state index in [1.807, 2.05) is 38.1 Å². The van der Waals surface area contributed by atoms with Gasteiger partial charge in [-0.05, 0) is 41.7 Å². The molecule has 2 rings (SSSR count). The molecule has 0 aromatic heterocycles. The van der Waals surface area contributed by atoms with E-state index in [4.69, 9.17) is 9.84 Å². The maximum Gasteiger partial charge on any atom is 0.341 e. The van der Waals surface area contributed by atoms with Gasteiger partial charge in [-0.3, -0.25) is 4.79 Å². The molecule has 2 N–H and O–H groups in total. The first kappa shape index (κ1) is 18.5. The van der Waals surface area contributed by atoms with Crippen LogP contribution >= 0.6 is 0 Å². The van der Waals surface area contributed by atoms with Gasteiger partial charge >= 0.3 is 5.97 Å². The number of nitrogens with one attached hydrogen (secondary N) is 1. The van der Waals surface area contributed by atoms with Crippen molar-refractivity contribution in [3.63, 3.8) is 0 Å². The third kappa shape index (κ3) is 5.95. The molecule has 0 spiro atoms. The molecule has 25 heavy (non-hydrogen) atoms. The van der Waals surface area contributed by atoms with Gasteiger partial charge in [0.25, 0.3) is 0 Å². The number of amides is 1. The molecule has 1 atom stereocenters. The Hall–Kier alpha value is -2.82. The predicted molar refractivity (Wildman–Crippen MR) is 95.6 cm³/mol. The SMILES string of the molecule is Cc1ccccc1C(C)CC(=O)NCc1cccc(OCC(=O)O)c1. The van der Waals surface area contributed by atoms with Gasteiger partial charge in [-0.25, -0.2) is 4.79 Å². The highest BCUT2D eigenvalue weighted by Crippen LogP contribution is 2.22. The highest BCUT2D eigenvalue weighted by atomic mass is 16.5. The molecule has 2 aromatic carbocycles. The Kier molecular flexibility index (Phi) is 6.57. The van der Waals surface area contributed by atoms with E-state index < -0.39 is 5.97 Å². The molecule has 0 heterocycles. The molecule has 1 amide bonds. The van der Waals surface area contributed by atoms with Crippen LogP contribution in [0.5, 0.6) is 5.75 Å². The van der Waals surface area contributed by atoms with Crippen molar-refractivity contribution in [2.45, 2.75) is 32.7 Å². The van der Waals surface area contributed by atoms with Gasteiger partial charge in [0, 0.05) is 13.0 Å². The van der Waals surface area contributed by atoms with E-state index in [0.29, 0.717) is 18.7 Å². The van der Waals surface area contributed by atoms with Crippen LogP contribution in [-0.2, 0) is 16.1 Å². The van der Waals surface area contributed by atoms with E-state index in [0.717, 1.165) is 5.56 Å². The summed E-state index contributed by atoms with van der Waals surface area (Å²) in [5, 5.41) is 11.5. The second-order valence-corrected chi connectivity index (χ2v) is 6.07. The van der Waals surface area contributed by atoms with Crippen LogP contribution in [0, 0.1) is 6.92 Å². The molecule has 0 aliphatic carbocycles. The number of hydrogen-bond acceptors (Lipinski definition) is 3. The quantitative estimate of drug-likeness (QED) is 0.773. The van der Waals surface area contributed by atoms with Gasteiger partial charge in [-0.2, -0.15) is 0 Å². The van der Waals surface area contributed by atoms with E-state index in [1.165, 1.54) is 11.1 Å². The number of rotatable bonds is 8. The predicted octanol–water partition coefficient (Wildman–Crippen LogP) is 3.27. The maximum atomic E-state index is 12.2. The molecule has 5 nitrogen and oxygen atoms in total. The van der Waals surface area contributed by atoms with Crippen molar-refractivity contribution in [2.24, 2.45) is 0 Å². The number of aliphatic carboxylic acids is 1. The molecule has 0 bridgehead atoms. The normalized spacial score (nSPS) is 11.6. The second-order valence-electron chi connectivity index (χ2n) is 6.07. The Morgan fingerprint density at radius 3 is 2.64 bits per heavy atom. The Labute approximate surface area is 147 Å². The number of carbonyl (C=O) groups excluding carboxylic acids is 1. The maximum absolute atomic E-state index is 12.2. The van der Waals surface area contributed by atoms with Crippen molar-refractivity contribution >= 4 is 11.9 Å². The lowest BCUT2D eigenvalue weighted by molar-refractivity contribution is -0.139. The van der Waals surface area contributed by atoms with Gasteiger partial charge < -0.3 is 15.2 Å². The summed E-state index contributed by atoms with van der Waals surface area (Å²) in [6.45, 7) is 4.09. The minimum absolute atomic E-state index is 0.0207. The van der Waals surface area contributed by atoms with Crippen LogP contribution in [0.15, 0.2) is 48.5 Å². The molecule has 0 saturated heterocycles. The minimum atomic E-state index is -1.02. The summed E-state index contributed by atoms with van der Waals surface area (Å²) < 4.78 is 5.14. The second kappa shape index (κ2) is 8.87. The molecular formula is C20H23NO4. The number of carboxylic acid groups (broad SMARTS) is 1. The van der Waals surface area contributed by atoms with Crippen LogP contribution < -0.4 is 10.1 Å². The third-order valence-electron chi connectivity index (χ3n) is 3.96. The summed E-state index contributed by atoms with van der Waals surface area (Å²) in [4.78, 5) is 22.7. The van der Waals surface area contributed by atoms with Gasteiger partial charge in [0.2, 0.25) is 5.91 Å². The zero-order chi connectivity index (χ0) is 18.2. The van der Waals surface area contributed by atoms with Crippen molar-refractivity contribution in [3.8, 4) is 5.75 Å². The lowest BCUT2D eigenvalue weighted by atomic mass is 9.93. The first-order valence-electron chi connectivity index (χ1n) is 8.21. The number of ether oxygens (including phenoxy) is 1. The zero-order valence-corrected chi connectivity index (χ0v) is 14.5. The molecule has 5 heteroatoms. The summed E-state index contributed by atoms with van der Waals surface area (Å²) in [6.07, 6.45) is 0.417. The van der Waals surface area contributed by atoms with Gasteiger partial charge in [-0.15, -0.1) is 0 Å². The zero-order valence-electron chi connectivity index (χ0n) is 14.5. The van der Waals surface area contributed by atoms with Gasteiger partial charge in [-0.1, -0.05) is 43.3 Å². The van der Waals surface area contributed by atoms with Crippen LogP contribution in [0.1, 0.15) is 36.0 Å². The monoisotopic (exact) mass is 341 g/mol. The molecular weight excluding hydrogens is 318 g/mol. The fourth-order valence-electron chi connectivity index (χ4n) is 2.69. The Morgan fingerprint density at radius 1 is 1.16 bits per heavy atom. The van der Waals surface area contributed by atoms with E-state index in [9.17, 15) is 9.59 Å². The van der Waals surface area contributed by atoms with E-state index in [-0.39, 0.29) is 18.4 Å². The standard InChI is InChI=1S/C20H23NO4/c1-14-6-3-4-9-18(14)15(2)10-19(22)21-12-16-7-5-8-17(11-16)25-13-20(23)24/h3-9,11,15H,10,12-13H2,1-2H3,(H,21,22)(H,23,24). The molecule has 0 saturated carbocycles. The van der Waals surface area contributed by atoms with Crippen molar-refractivity contribution < 1.29 is 19.4 Å². The Morgan fingerprint density at radius 2 is 1.92 bits per heavy atom. The molecule has 1 unspecified atom stereocenters. The van der Waals surface area contributed by atoms with Crippen molar-refractivity contribution in [2.75, 3.05) is 6.61 Å². The van der Waals surface area contributed by atoms with Gasteiger partial charge in [0.05, 0.1) is 0 Å². The summed E-state index contributed by atoms with van der Waals surface area (Å²) in [7, 11) is 0. The van der Waals surface area contributed by atoms with Crippen LogP contribution in [0.2, 0.25) is 0 Å². The van der Waals surface area contributed by atoms with Crippen LogP contribution in [0.4, 0.5) is 0 Å².